The van der Waals surface area contributed by atoms with E-state index < -0.39 is 5.97 Å². The summed E-state index contributed by atoms with van der Waals surface area (Å²) < 4.78 is 4.78. The lowest BCUT2D eigenvalue weighted by Crippen LogP contribution is -2.34. The number of likely N-dealkylation sites (N-methyl/N-ethyl adjacent to an activating group) is 1. The molecule has 0 aromatic heterocycles. The van der Waals surface area contributed by atoms with Crippen LogP contribution < -0.4 is 0 Å². The summed E-state index contributed by atoms with van der Waals surface area (Å²) in [5, 5.41) is 0. The van der Waals surface area contributed by atoms with E-state index in [2.05, 4.69) is 23.6 Å². The fraction of sp³-hybridized carbons (Fsp3) is 0.867. The molecule has 0 saturated heterocycles. The van der Waals surface area contributed by atoms with E-state index in [4.69, 9.17) is 4.74 Å². The van der Waals surface area contributed by atoms with Crippen molar-refractivity contribution in [1.29, 1.82) is 0 Å². The van der Waals surface area contributed by atoms with E-state index in [1.807, 2.05) is 6.92 Å². The Hall–Kier alpha value is -0.940. The van der Waals surface area contributed by atoms with Crippen LogP contribution >= 0.6 is 0 Å². The third kappa shape index (κ3) is 9.04. The van der Waals surface area contributed by atoms with Gasteiger partial charge in [-0.25, -0.2) is 0 Å². The van der Waals surface area contributed by atoms with Gasteiger partial charge in [0.05, 0.1) is 13.2 Å². The minimum absolute atomic E-state index is 0.0619. The largest absolute Gasteiger partial charge is 0.466 e. The average molecular weight is 286 g/mol. The Morgan fingerprint density at radius 2 is 1.45 bits per heavy atom. The molecule has 0 aliphatic rings. The zero-order valence-corrected chi connectivity index (χ0v) is 13.5. The Kier molecular flexibility index (Phi) is 11.3. The molecule has 0 radical (unpaired) electrons. The number of ketones is 1. The van der Waals surface area contributed by atoms with Gasteiger partial charge in [0.2, 0.25) is 0 Å². The number of carbonyl (C=O) groups is 2. The van der Waals surface area contributed by atoms with Crippen molar-refractivity contribution in [2.24, 2.45) is 0 Å². The number of carbonyl (C=O) groups excluding carboxylic acids is 2. The SMILES string of the molecule is CCOC(=O)CC(=O)CN(CC)CCCN(CC)CC. The molecule has 5 heteroatoms. The van der Waals surface area contributed by atoms with Crippen LogP contribution in [-0.4, -0.2) is 67.4 Å². The summed E-state index contributed by atoms with van der Waals surface area (Å²) >= 11 is 0. The van der Waals surface area contributed by atoms with Crippen molar-refractivity contribution in [3.05, 3.63) is 0 Å². The molecule has 0 amide bonds. The molecule has 0 aliphatic heterocycles. The lowest BCUT2D eigenvalue weighted by atomic mass is 10.2. The molecule has 0 fully saturated rings. The van der Waals surface area contributed by atoms with Crippen LogP contribution in [-0.2, 0) is 14.3 Å². The predicted molar refractivity (Wildman–Crippen MR) is 80.8 cm³/mol. The van der Waals surface area contributed by atoms with Crippen LogP contribution in [0.5, 0.6) is 0 Å². The van der Waals surface area contributed by atoms with Gasteiger partial charge < -0.3 is 9.64 Å². The van der Waals surface area contributed by atoms with E-state index >= 15 is 0 Å². The second-order valence-electron chi connectivity index (χ2n) is 4.77. The smallest absolute Gasteiger partial charge is 0.313 e. The highest BCUT2D eigenvalue weighted by molar-refractivity contribution is 5.96. The van der Waals surface area contributed by atoms with Gasteiger partial charge >= 0.3 is 5.97 Å². The maximum absolute atomic E-state index is 11.8. The highest BCUT2D eigenvalue weighted by Gasteiger charge is 2.14. The number of nitrogens with zero attached hydrogens (tertiary/aromatic N) is 2. The van der Waals surface area contributed by atoms with Crippen LogP contribution in [0.2, 0.25) is 0 Å². The van der Waals surface area contributed by atoms with Gasteiger partial charge in [0.15, 0.2) is 5.78 Å². The van der Waals surface area contributed by atoms with Crippen molar-refractivity contribution < 1.29 is 14.3 Å². The fourth-order valence-corrected chi connectivity index (χ4v) is 2.09. The molecule has 0 bridgehead atoms. The molecule has 0 saturated carbocycles. The van der Waals surface area contributed by atoms with E-state index in [1.54, 1.807) is 6.92 Å². The van der Waals surface area contributed by atoms with Gasteiger partial charge in [0.25, 0.3) is 0 Å². The van der Waals surface area contributed by atoms with Crippen LogP contribution in [0, 0.1) is 0 Å². The normalized spacial score (nSPS) is 11.1. The van der Waals surface area contributed by atoms with Gasteiger partial charge in [0, 0.05) is 0 Å². The number of hydrogen-bond acceptors (Lipinski definition) is 5. The first kappa shape index (κ1) is 19.1. The van der Waals surface area contributed by atoms with Crippen LogP contribution in [0.1, 0.15) is 40.5 Å². The molecule has 0 aromatic rings. The van der Waals surface area contributed by atoms with E-state index in [-0.39, 0.29) is 12.2 Å². The molecular weight excluding hydrogens is 256 g/mol. The Bertz CT molecular complexity index is 278. The van der Waals surface area contributed by atoms with Crippen molar-refractivity contribution in [3.63, 3.8) is 0 Å². The summed E-state index contributed by atoms with van der Waals surface area (Å²) in [6, 6.07) is 0. The van der Waals surface area contributed by atoms with E-state index in [1.165, 1.54) is 0 Å². The fourth-order valence-electron chi connectivity index (χ4n) is 2.09. The Morgan fingerprint density at radius 1 is 0.900 bits per heavy atom. The Balaban J connectivity index is 3.96. The molecule has 0 aliphatic carbocycles. The van der Waals surface area contributed by atoms with Crippen molar-refractivity contribution in [2.45, 2.75) is 40.5 Å². The number of Topliss-reactive ketones (excluding diaryl/α,β-unsaturated/α-hetero) is 1. The van der Waals surface area contributed by atoms with Gasteiger partial charge in [-0.15, -0.1) is 0 Å². The second-order valence-corrected chi connectivity index (χ2v) is 4.77. The quantitative estimate of drug-likeness (QED) is 0.402. The van der Waals surface area contributed by atoms with Crippen molar-refractivity contribution in [3.8, 4) is 0 Å². The zero-order valence-electron chi connectivity index (χ0n) is 13.5. The van der Waals surface area contributed by atoms with Gasteiger partial charge in [-0.2, -0.15) is 0 Å². The van der Waals surface area contributed by atoms with E-state index in [9.17, 15) is 9.59 Å². The van der Waals surface area contributed by atoms with Crippen molar-refractivity contribution >= 4 is 11.8 Å². The van der Waals surface area contributed by atoms with Gasteiger partial charge in [-0.05, 0) is 46.1 Å². The third-order valence-corrected chi connectivity index (χ3v) is 3.34. The van der Waals surface area contributed by atoms with Crippen LogP contribution in [0.15, 0.2) is 0 Å². The minimum Gasteiger partial charge on any atom is -0.466 e. The summed E-state index contributed by atoms with van der Waals surface area (Å²) in [7, 11) is 0. The number of esters is 1. The van der Waals surface area contributed by atoms with Gasteiger partial charge in [-0.1, -0.05) is 20.8 Å². The summed E-state index contributed by atoms with van der Waals surface area (Å²) in [5.74, 6) is -0.482. The second kappa shape index (κ2) is 11.9. The first-order valence-electron chi connectivity index (χ1n) is 7.69. The summed E-state index contributed by atoms with van der Waals surface area (Å²) in [5.41, 5.74) is 0. The van der Waals surface area contributed by atoms with E-state index in [0.717, 1.165) is 39.1 Å². The Labute approximate surface area is 123 Å². The molecule has 0 aromatic carbocycles. The lowest BCUT2D eigenvalue weighted by molar-refractivity contribution is -0.145. The predicted octanol–water partition coefficient (Wildman–Crippen LogP) is 1.56. The topological polar surface area (TPSA) is 49.9 Å². The molecular formula is C15H30N2O3. The van der Waals surface area contributed by atoms with Crippen LogP contribution in [0.4, 0.5) is 0 Å². The minimum atomic E-state index is -0.420. The molecule has 0 heterocycles. The molecule has 0 unspecified atom stereocenters. The highest BCUT2D eigenvalue weighted by atomic mass is 16.5. The lowest BCUT2D eigenvalue weighted by Gasteiger charge is -2.22. The maximum atomic E-state index is 11.8. The summed E-state index contributed by atoms with van der Waals surface area (Å²) in [6.45, 7) is 13.6. The van der Waals surface area contributed by atoms with Crippen LogP contribution in [0.3, 0.4) is 0 Å². The summed E-state index contributed by atoms with van der Waals surface area (Å²) in [6.07, 6.45) is 0.933. The highest BCUT2D eigenvalue weighted by Crippen LogP contribution is 1.98. The Morgan fingerprint density at radius 3 is 1.95 bits per heavy atom. The molecule has 0 N–H and O–H groups in total. The monoisotopic (exact) mass is 286 g/mol. The number of rotatable bonds is 12. The number of hydrogen-bond donors (Lipinski definition) is 0. The summed E-state index contributed by atoms with van der Waals surface area (Å²) in [4.78, 5) is 27.4. The first-order valence-corrected chi connectivity index (χ1v) is 7.69. The molecule has 118 valence electrons. The molecule has 0 atom stereocenters. The molecule has 0 spiro atoms. The van der Waals surface area contributed by atoms with Crippen molar-refractivity contribution in [1.82, 2.24) is 9.80 Å². The molecule has 20 heavy (non-hydrogen) atoms. The van der Waals surface area contributed by atoms with E-state index in [0.29, 0.717) is 13.2 Å². The average Bonchev–Trinajstić information content (AvgIpc) is 2.42. The standard InChI is InChI=1S/C15H30N2O3/c1-5-16(6-2)10-9-11-17(7-3)13-14(18)12-15(19)20-8-4/h5-13H2,1-4H3. The third-order valence-electron chi connectivity index (χ3n) is 3.34. The van der Waals surface area contributed by atoms with Crippen molar-refractivity contribution in [2.75, 3.05) is 45.9 Å². The maximum Gasteiger partial charge on any atom is 0.313 e. The molecule has 5 nitrogen and oxygen atoms in total. The molecule has 0 rings (SSSR count). The zero-order chi connectivity index (χ0) is 15.4. The van der Waals surface area contributed by atoms with Gasteiger partial charge in [-0.3, -0.25) is 14.5 Å². The van der Waals surface area contributed by atoms with Gasteiger partial charge in [0.1, 0.15) is 6.42 Å². The van der Waals surface area contributed by atoms with Crippen LogP contribution in [0.25, 0.3) is 0 Å². The number of ether oxygens (including phenoxy) is 1. The first-order chi connectivity index (χ1) is 9.57.